The summed E-state index contributed by atoms with van der Waals surface area (Å²) in [6, 6.07) is 78.5. The molecule has 0 saturated carbocycles. The third kappa shape index (κ3) is 5.87. The minimum atomic E-state index is 0.977. The van der Waals surface area contributed by atoms with Crippen molar-refractivity contribution in [1.29, 1.82) is 0 Å². The van der Waals surface area contributed by atoms with Gasteiger partial charge in [0, 0.05) is 38.8 Å². The van der Waals surface area contributed by atoms with E-state index in [9.17, 15) is 0 Å². The zero-order valence-electron chi connectivity index (χ0n) is 35.5. The molecule has 0 radical (unpaired) electrons. The van der Waals surface area contributed by atoms with Gasteiger partial charge in [0.05, 0.1) is 16.6 Å². The van der Waals surface area contributed by atoms with E-state index in [0.29, 0.717) is 0 Å². The second-order valence-electron chi connectivity index (χ2n) is 17.5. The Kier molecular flexibility index (Phi) is 8.52. The van der Waals surface area contributed by atoms with E-state index in [1.807, 2.05) is 0 Å². The molecule has 0 amide bonds. The van der Waals surface area contributed by atoms with Gasteiger partial charge in [0.25, 0.3) is 0 Å². The van der Waals surface area contributed by atoms with Crippen molar-refractivity contribution in [3.05, 3.63) is 240 Å². The van der Waals surface area contributed by atoms with E-state index in [4.69, 9.17) is 0 Å². The summed E-state index contributed by atoms with van der Waals surface area (Å²) in [5.41, 5.74) is 24.7. The molecule has 2 heterocycles. The van der Waals surface area contributed by atoms with Gasteiger partial charge >= 0.3 is 0 Å². The summed E-state index contributed by atoms with van der Waals surface area (Å²) in [5.74, 6) is 0. The van der Waals surface area contributed by atoms with Crippen LogP contribution in [0, 0.1) is 0 Å². The maximum atomic E-state index is 2.56. The molecule has 2 heteroatoms. The molecule has 0 spiro atoms. The van der Waals surface area contributed by atoms with Crippen molar-refractivity contribution in [2.45, 2.75) is 25.7 Å². The van der Waals surface area contributed by atoms with Gasteiger partial charge in [-0.15, -0.1) is 0 Å². The van der Waals surface area contributed by atoms with Crippen LogP contribution in [0.1, 0.15) is 34.4 Å². The fourth-order valence-corrected chi connectivity index (χ4v) is 11.0. The maximum absolute atomic E-state index is 2.56. The van der Waals surface area contributed by atoms with Crippen LogP contribution in [0.5, 0.6) is 0 Å². The molecule has 302 valence electrons. The molecule has 0 fully saturated rings. The van der Waals surface area contributed by atoms with Crippen LogP contribution in [-0.2, 0) is 19.3 Å². The van der Waals surface area contributed by atoms with Gasteiger partial charge in [-0.2, -0.15) is 0 Å². The van der Waals surface area contributed by atoms with Crippen LogP contribution in [-0.4, -0.2) is 9.13 Å². The van der Waals surface area contributed by atoms with Crippen LogP contribution in [0.2, 0.25) is 0 Å². The number of aryl methyl sites for hydroxylation is 2. The topological polar surface area (TPSA) is 9.86 Å². The number of benzene rings is 9. The summed E-state index contributed by atoms with van der Waals surface area (Å²) in [6.45, 7) is 0. The number of hydrogen-bond acceptors (Lipinski definition) is 0. The van der Waals surface area contributed by atoms with Crippen molar-refractivity contribution in [2.24, 2.45) is 0 Å². The van der Waals surface area contributed by atoms with Gasteiger partial charge in [0.2, 0.25) is 0 Å². The highest BCUT2D eigenvalue weighted by Crippen LogP contribution is 2.47. The summed E-state index contributed by atoms with van der Waals surface area (Å²) < 4.78 is 5.04. The highest BCUT2D eigenvalue weighted by Gasteiger charge is 2.27. The molecule has 11 aromatic rings. The van der Waals surface area contributed by atoms with Gasteiger partial charge in [-0.3, -0.25) is 0 Å². The number of para-hydroxylation sites is 2. The van der Waals surface area contributed by atoms with Crippen molar-refractivity contribution in [3.63, 3.8) is 0 Å². The molecule has 0 saturated heterocycles. The molecule has 64 heavy (non-hydrogen) atoms. The minimum absolute atomic E-state index is 0.977. The summed E-state index contributed by atoms with van der Waals surface area (Å²) in [6.07, 6.45) is 6.50. The average Bonchev–Trinajstić information content (AvgIpc) is 3.87. The predicted octanol–water partition coefficient (Wildman–Crippen LogP) is 16.0. The molecule has 0 N–H and O–H groups in total. The Labute approximate surface area is 373 Å². The molecule has 0 bridgehead atoms. The van der Waals surface area contributed by atoms with Crippen LogP contribution < -0.4 is 0 Å². The van der Waals surface area contributed by atoms with E-state index in [1.54, 1.807) is 0 Å². The highest BCUT2D eigenvalue weighted by atomic mass is 15.0. The molecule has 2 aromatic heterocycles. The first-order valence-corrected chi connectivity index (χ1v) is 22.7. The number of nitrogens with zero attached hydrogens (tertiary/aromatic N) is 2. The van der Waals surface area contributed by atoms with Crippen LogP contribution in [0.3, 0.4) is 0 Å². The number of aromatic nitrogens is 2. The predicted molar refractivity (Wildman–Crippen MR) is 269 cm³/mol. The number of fused-ring (bicyclic) bond motifs is 9. The lowest BCUT2D eigenvalue weighted by Crippen LogP contribution is -2.06. The molecular weight excluding hydrogens is 773 g/mol. The van der Waals surface area contributed by atoms with E-state index in [2.05, 4.69) is 228 Å². The second kappa shape index (κ2) is 14.9. The highest BCUT2D eigenvalue weighted by molar-refractivity contribution is 6.13. The van der Waals surface area contributed by atoms with Crippen LogP contribution in [0.4, 0.5) is 0 Å². The van der Waals surface area contributed by atoms with Crippen molar-refractivity contribution in [3.8, 4) is 55.9 Å². The van der Waals surface area contributed by atoms with Crippen LogP contribution in [0.25, 0.3) is 100 Å². The van der Waals surface area contributed by atoms with Gasteiger partial charge in [0.15, 0.2) is 0 Å². The maximum Gasteiger partial charge on any atom is 0.0547 e. The largest absolute Gasteiger partial charge is 0.313 e. The molecule has 0 aliphatic heterocycles. The van der Waals surface area contributed by atoms with Crippen molar-refractivity contribution in [2.75, 3.05) is 0 Å². The first-order valence-electron chi connectivity index (χ1n) is 22.7. The zero-order valence-corrected chi connectivity index (χ0v) is 35.5. The van der Waals surface area contributed by atoms with Gasteiger partial charge in [-0.25, -0.2) is 0 Å². The van der Waals surface area contributed by atoms with Crippen molar-refractivity contribution < 1.29 is 0 Å². The average molecular weight is 817 g/mol. The molecule has 0 atom stereocenters. The monoisotopic (exact) mass is 816 g/mol. The molecule has 0 unspecified atom stereocenters. The first kappa shape index (κ1) is 36.7. The lowest BCUT2D eigenvalue weighted by atomic mass is 9.83. The fraction of sp³-hybridized carbons (Fsp3) is 0.0645. The van der Waals surface area contributed by atoms with E-state index in [0.717, 1.165) is 25.7 Å². The number of allylic oxidation sites excluding steroid dienone is 1. The van der Waals surface area contributed by atoms with Crippen LogP contribution in [0.15, 0.2) is 212 Å². The van der Waals surface area contributed by atoms with Gasteiger partial charge in [0.1, 0.15) is 0 Å². The molecule has 13 rings (SSSR count). The summed E-state index contributed by atoms with van der Waals surface area (Å²) in [4.78, 5) is 0. The fourth-order valence-electron chi connectivity index (χ4n) is 11.0. The minimum Gasteiger partial charge on any atom is -0.313 e. The van der Waals surface area contributed by atoms with Gasteiger partial charge in [-0.1, -0.05) is 152 Å². The molecular formula is C62H44N2. The standard InChI is InChI=1S/C62H44N2/c1-5-17-41(18-6-1)49-25-13-15-27-51(49)43-31-33-59-55(35-43)57-37-45-29-30-46-38-58-56-36-44(52-28-16-14-26-50(52)42-19-7-2-8-20-42)32-34-60(56)64(48-23-11-4-12-24-48)62(58)40-54(46)53(45)39-61(57)63(59)47-21-9-3-10-22-47/h1-28,31,33,35-40H,29-30,32,34H2. The summed E-state index contributed by atoms with van der Waals surface area (Å²) in [7, 11) is 0. The van der Waals surface area contributed by atoms with E-state index >= 15 is 0 Å². The molecule has 2 aliphatic rings. The Bertz CT molecular complexity index is 3630. The van der Waals surface area contributed by atoms with Crippen molar-refractivity contribution >= 4 is 44.4 Å². The Hall–Kier alpha value is -7.94. The van der Waals surface area contributed by atoms with Crippen LogP contribution >= 0.6 is 0 Å². The third-order valence-electron chi connectivity index (χ3n) is 13.9. The quantitative estimate of drug-likeness (QED) is 0.158. The Morgan fingerprint density at radius 2 is 0.766 bits per heavy atom. The molecule has 9 aromatic carbocycles. The Morgan fingerprint density at radius 3 is 1.38 bits per heavy atom. The lowest BCUT2D eigenvalue weighted by Gasteiger charge is -2.22. The Balaban J connectivity index is 1.01. The summed E-state index contributed by atoms with van der Waals surface area (Å²) >= 11 is 0. The van der Waals surface area contributed by atoms with Gasteiger partial charge < -0.3 is 9.13 Å². The first-order chi connectivity index (χ1) is 31.7. The molecule has 2 nitrogen and oxygen atoms in total. The number of hydrogen-bond donors (Lipinski definition) is 0. The molecule has 2 aliphatic carbocycles. The van der Waals surface area contributed by atoms with Crippen molar-refractivity contribution in [1.82, 2.24) is 9.13 Å². The van der Waals surface area contributed by atoms with E-state index < -0.39 is 0 Å². The second-order valence-corrected chi connectivity index (χ2v) is 17.5. The lowest BCUT2D eigenvalue weighted by molar-refractivity contribution is 0.898. The smallest absolute Gasteiger partial charge is 0.0547 e. The third-order valence-corrected chi connectivity index (χ3v) is 13.9. The zero-order chi connectivity index (χ0) is 42.1. The normalized spacial score (nSPS) is 13.2. The van der Waals surface area contributed by atoms with E-state index in [-0.39, 0.29) is 0 Å². The SMILES string of the molecule is C1=C(c2ccccc2-c2ccccc2)CCc2c1c1cc3c(cc1n2-c1ccccc1)-c1cc2c(cc1CC3)c1cc(-c3ccccc3-c3ccccc3)ccc1n2-c1ccccc1. The number of rotatable bonds is 6. The van der Waals surface area contributed by atoms with Gasteiger partial charge in [-0.05, 0) is 159 Å². The summed E-state index contributed by atoms with van der Waals surface area (Å²) in [5, 5.41) is 3.93. The Morgan fingerprint density at radius 1 is 0.297 bits per heavy atom. The van der Waals surface area contributed by atoms with E-state index in [1.165, 1.54) is 122 Å².